The molecule has 2 unspecified atom stereocenters. The molecule has 4 fully saturated rings. The Morgan fingerprint density at radius 2 is 0.935 bits per heavy atom. The molecule has 0 spiro atoms. The van der Waals surface area contributed by atoms with E-state index in [0.29, 0.717) is 59.9 Å². The van der Waals surface area contributed by atoms with Gasteiger partial charge in [0.25, 0.3) is 0 Å². The van der Waals surface area contributed by atoms with E-state index in [-0.39, 0.29) is 33.5 Å². The summed E-state index contributed by atoms with van der Waals surface area (Å²) in [6, 6.07) is 0. The van der Waals surface area contributed by atoms with Crippen LogP contribution in [0.15, 0.2) is 0 Å². The molecular formula is C44H78O2. The van der Waals surface area contributed by atoms with E-state index in [2.05, 4.69) is 83.1 Å². The van der Waals surface area contributed by atoms with E-state index < -0.39 is 0 Å². The van der Waals surface area contributed by atoms with Gasteiger partial charge in [-0.15, -0.1) is 0 Å². The minimum Gasteiger partial charge on any atom is -0.299 e. The molecule has 4 aliphatic carbocycles. The number of Topliss-reactive ketones (excluding diaryl/α,β-unsaturated/α-hetero) is 2. The second-order valence-electron chi connectivity index (χ2n) is 19.9. The van der Waals surface area contributed by atoms with E-state index in [1.165, 1.54) is 64.2 Å². The number of rotatable bonds is 13. The molecule has 0 heterocycles. The van der Waals surface area contributed by atoms with Crippen LogP contribution < -0.4 is 0 Å². The Kier molecular flexibility index (Phi) is 12.2. The second-order valence-corrected chi connectivity index (χ2v) is 19.9. The van der Waals surface area contributed by atoms with Crippen LogP contribution in [0.5, 0.6) is 0 Å². The standard InChI is InChI=1S/C44H78O2/c1-13-29(3)15-19-33-31(5)17-23-39-41(7,8)27-25-35(43(33,39)11)37(45)21-22-38(46)36-26-28-42(9,10)40-24-18-32(6)34(44(36,40)12)20-16-30(4)14-2/h29-36,39-40H,13-28H2,1-12H3/t29-,30-,31+,32+,33+,34+,35?,36?,39+,40+,43+,44+/m1/s1. The lowest BCUT2D eigenvalue weighted by atomic mass is 9.42. The number of hydrogen-bond donors (Lipinski definition) is 0. The van der Waals surface area contributed by atoms with Crippen LogP contribution in [-0.2, 0) is 9.59 Å². The van der Waals surface area contributed by atoms with Crippen molar-refractivity contribution >= 4 is 11.6 Å². The minimum absolute atomic E-state index is 0.0544. The predicted octanol–water partition coefficient (Wildman–Crippen LogP) is 12.8. The normalized spacial score (nSPS) is 41.6. The lowest BCUT2D eigenvalue weighted by Gasteiger charge is -2.62. The first-order valence-corrected chi connectivity index (χ1v) is 20.5. The van der Waals surface area contributed by atoms with Gasteiger partial charge in [-0.25, -0.2) is 0 Å². The summed E-state index contributed by atoms with van der Waals surface area (Å²) in [4.78, 5) is 29.1. The first-order chi connectivity index (χ1) is 21.4. The summed E-state index contributed by atoms with van der Waals surface area (Å²) in [6.45, 7) is 29.5. The molecule has 0 amide bonds. The predicted molar refractivity (Wildman–Crippen MR) is 197 cm³/mol. The molecule has 266 valence electrons. The fourth-order valence-electron chi connectivity index (χ4n) is 13.2. The third-order valence-electron chi connectivity index (χ3n) is 16.6. The lowest BCUT2D eigenvalue weighted by molar-refractivity contribution is -0.163. The van der Waals surface area contributed by atoms with Crippen molar-refractivity contribution in [2.45, 2.75) is 186 Å². The Bertz CT molecular complexity index is 957. The van der Waals surface area contributed by atoms with Gasteiger partial charge in [0.05, 0.1) is 0 Å². The summed E-state index contributed by atoms with van der Waals surface area (Å²) in [6.07, 6.45) is 18.0. The molecule has 2 heteroatoms. The molecule has 0 aromatic carbocycles. The number of fused-ring (bicyclic) bond motifs is 2. The van der Waals surface area contributed by atoms with E-state index in [0.717, 1.165) is 37.5 Å². The van der Waals surface area contributed by atoms with Crippen LogP contribution in [0.3, 0.4) is 0 Å². The Balaban J connectivity index is 1.56. The summed E-state index contributed by atoms with van der Waals surface area (Å²) in [7, 11) is 0. The number of carbonyl (C=O) groups excluding carboxylic acids is 2. The largest absolute Gasteiger partial charge is 0.299 e. The van der Waals surface area contributed by atoms with E-state index in [4.69, 9.17) is 0 Å². The molecule has 0 saturated heterocycles. The quantitative estimate of drug-likeness (QED) is 0.201. The molecule has 4 rings (SSSR count). The van der Waals surface area contributed by atoms with Gasteiger partial charge < -0.3 is 0 Å². The maximum atomic E-state index is 14.5. The number of hydrogen-bond acceptors (Lipinski definition) is 2. The van der Waals surface area contributed by atoms with Crippen molar-refractivity contribution < 1.29 is 9.59 Å². The molecule has 12 atom stereocenters. The van der Waals surface area contributed by atoms with Crippen LogP contribution in [0.1, 0.15) is 186 Å². The highest BCUT2D eigenvalue weighted by molar-refractivity contribution is 5.89. The van der Waals surface area contributed by atoms with Crippen molar-refractivity contribution in [1.82, 2.24) is 0 Å². The summed E-state index contributed by atoms with van der Waals surface area (Å²) >= 11 is 0. The average Bonchev–Trinajstić information content (AvgIpc) is 2.98. The van der Waals surface area contributed by atoms with Crippen molar-refractivity contribution in [3.05, 3.63) is 0 Å². The fourth-order valence-corrected chi connectivity index (χ4v) is 13.2. The zero-order valence-electron chi connectivity index (χ0n) is 32.9. The van der Waals surface area contributed by atoms with E-state index in [9.17, 15) is 9.59 Å². The van der Waals surface area contributed by atoms with Gasteiger partial charge in [-0.3, -0.25) is 9.59 Å². The van der Waals surface area contributed by atoms with Gasteiger partial charge in [-0.1, -0.05) is 122 Å². The Hall–Kier alpha value is -0.660. The number of ketones is 2. The Labute approximate surface area is 287 Å². The Morgan fingerprint density at radius 3 is 1.26 bits per heavy atom. The highest BCUT2D eigenvalue weighted by atomic mass is 16.1. The molecule has 46 heavy (non-hydrogen) atoms. The number of carbonyl (C=O) groups is 2. The highest BCUT2D eigenvalue weighted by Crippen LogP contribution is 2.66. The van der Waals surface area contributed by atoms with Gasteiger partial charge in [0.15, 0.2) is 0 Å². The molecule has 2 nitrogen and oxygen atoms in total. The van der Waals surface area contributed by atoms with Crippen LogP contribution in [0.25, 0.3) is 0 Å². The van der Waals surface area contributed by atoms with Gasteiger partial charge in [0.1, 0.15) is 11.6 Å². The maximum absolute atomic E-state index is 14.5. The van der Waals surface area contributed by atoms with E-state index in [1.807, 2.05) is 0 Å². The van der Waals surface area contributed by atoms with Gasteiger partial charge in [0.2, 0.25) is 0 Å². The lowest BCUT2D eigenvalue weighted by Crippen LogP contribution is -2.58. The minimum atomic E-state index is 0.0544. The molecule has 4 aliphatic rings. The molecule has 0 N–H and O–H groups in total. The third-order valence-corrected chi connectivity index (χ3v) is 16.6. The maximum Gasteiger partial charge on any atom is 0.136 e. The zero-order valence-corrected chi connectivity index (χ0v) is 32.9. The molecular weight excluding hydrogens is 560 g/mol. The van der Waals surface area contributed by atoms with Crippen LogP contribution in [0, 0.1) is 80.8 Å². The molecule has 0 bridgehead atoms. The van der Waals surface area contributed by atoms with Crippen LogP contribution in [0.4, 0.5) is 0 Å². The second kappa shape index (κ2) is 14.7. The smallest absolute Gasteiger partial charge is 0.136 e. The zero-order chi connectivity index (χ0) is 34.2. The van der Waals surface area contributed by atoms with Crippen molar-refractivity contribution in [2.75, 3.05) is 0 Å². The summed E-state index contributed by atoms with van der Waals surface area (Å²) in [5.74, 6) is 6.40. The van der Waals surface area contributed by atoms with Gasteiger partial charge >= 0.3 is 0 Å². The monoisotopic (exact) mass is 639 g/mol. The van der Waals surface area contributed by atoms with Gasteiger partial charge in [-0.2, -0.15) is 0 Å². The van der Waals surface area contributed by atoms with Crippen molar-refractivity contribution in [3.8, 4) is 0 Å². The van der Waals surface area contributed by atoms with Crippen LogP contribution >= 0.6 is 0 Å². The highest BCUT2D eigenvalue weighted by Gasteiger charge is 2.61. The first-order valence-electron chi connectivity index (χ1n) is 20.5. The first kappa shape index (κ1) is 38.1. The molecule has 0 aromatic rings. The van der Waals surface area contributed by atoms with Crippen LogP contribution in [-0.4, -0.2) is 11.6 Å². The molecule has 0 aliphatic heterocycles. The van der Waals surface area contributed by atoms with E-state index in [1.54, 1.807) is 0 Å². The Morgan fingerprint density at radius 1 is 0.587 bits per heavy atom. The van der Waals surface area contributed by atoms with Gasteiger partial charge in [-0.05, 0) is 120 Å². The van der Waals surface area contributed by atoms with Crippen molar-refractivity contribution in [2.24, 2.45) is 80.8 Å². The topological polar surface area (TPSA) is 34.1 Å². The summed E-state index contributed by atoms with van der Waals surface area (Å²) in [5, 5.41) is 0. The summed E-state index contributed by atoms with van der Waals surface area (Å²) in [5.41, 5.74) is 0.685. The molecule has 0 radical (unpaired) electrons. The van der Waals surface area contributed by atoms with E-state index >= 15 is 0 Å². The van der Waals surface area contributed by atoms with Crippen LogP contribution in [0.2, 0.25) is 0 Å². The summed E-state index contributed by atoms with van der Waals surface area (Å²) < 4.78 is 0. The van der Waals surface area contributed by atoms with Crippen molar-refractivity contribution in [1.29, 1.82) is 0 Å². The third kappa shape index (κ3) is 7.14. The SMILES string of the molecule is CC[C@@H](C)CC[C@H]1[C@@H](C)CC[C@H]2C(C)(C)CCC(C(=O)CCC(=O)C3CCC(C)(C)[C@@H]4CC[C@H](C)[C@H](CC[C@H](C)CC)[C@@]34C)[C@]12C. The van der Waals surface area contributed by atoms with Crippen molar-refractivity contribution in [3.63, 3.8) is 0 Å². The molecule has 0 aromatic heterocycles. The fraction of sp³-hybridized carbons (Fsp3) is 0.955. The van der Waals surface area contributed by atoms with Gasteiger partial charge in [0, 0.05) is 24.7 Å². The molecule has 4 saturated carbocycles. The average molecular weight is 639 g/mol.